The van der Waals surface area contributed by atoms with E-state index < -0.39 is 23.5 Å². The third-order valence-corrected chi connectivity index (χ3v) is 7.52. The first-order valence-corrected chi connectivity index (χ1v) is 10.4. The number of nitrogens with zero attached hydrogens (tertiary/aromatic N) is 1. The molecule has 0 aromatic heterocycles. The molecule has 152 valence electrons. The normalized spacial score (nSPS) is 39.8. The SMILES string of the molecule is COC(=O)[C@@H]1CCN2C(=O)C(C(=O)C3[C@H]4CCCC[C@@H]4C=C[C@@H]3C)=C(C)[C@]12O. The molecule has 1 saturated heterocycles. The molecule has 1 amide bonds. The lowest BCUT2D eigenvalue weighted by Crippen LogP contribution is -2.49. The number of hydrogen-bond acceptors (Lipinski definition) is 5. The van der Waals surface area contributed by atoms with E-state index in [2.05, 4.69) is 12.2 Å². The first kappa shape index (κ1) is 19.4. The van der Waals surface area contributed by atoms with Crippen LogP contribution in [0.1, 0.15) is 46.0 Å². The van der Waals surface area contributed by atoms with E-state index in [1.54, 1.807) is 6.92 Å². The van der Waals surface area contributed by atoms with Crippen molar-refractivity contribution in [2.24, 2.45) is 29.6 Å². The summed E-state index contributed by atoms with van der Waals surface area (Å²) in [7, 11) is 1.27. The Kier molecular flexibility index (Phi) is 4.73. The van der Waals surface area contributed by atoms with Gasteiger partial charge in [0.05, 0.1) is 12.7 Å². The predicted molar refractivity (Wildman–Crippen MR) is 102 cm³/mol. The highest BCUT2D eigenvalue weighted by atomic mass is 16.5. The van der Waals surface area contributed by atoms with E-state index in [4.69, 9.17) is 4.74 Å². The zero-order valence-corrected chi connectivity index (χ0v) is 16.8. The topological polar surface area (TPSA) is 83.9 Å². The molecule has 0 bridgehead atoms. The number of fused-ring (bicyclic) bond motifs is 2. The van der Waals surface area contributed by atoms with E-state index >= 15 is 0 Å². The van der Waals surface area contributed by atoms with Crippen LogP contribution in [-0.2, 0) is 19.1 Å². The zero-order chi connectivity index (χ0) is 20.2. The van der Waals surface area contributed by atoms with Crippen LogP contribution in [-0.4, -0.2) is 47.0 Å². The van der Waals surface area contributed by atoms with Gasteiger partial charge in [0.15, 0.2) is 11.5 Å². The molecular formula is C22H29NO5. The van der Waals surface area contributed by atoms with Gasteiger partial charge in [0.1, 0.15) is 5.92 Å². The molecule has 2 fully saturated rings. The van der Waals surface area contributed by atoms with E-state index in [-0.39, 0.29) is 35.7 Å². The Bertz CT molecular complexity index is 784. The van der Waals surface area contributed by atoms with Gasteiger partial charge in [-0.25, -0.2) is 0 Å². The molecule has 2 aliphatic carbocycles. The van der Waals surface area contributed by atoms with Crippen molar-refractivity contribution in [3.8, 4) is 0 Å². The van der Waals surface area contributed by atoms with Crippen LogP contribution in [0.4, 0.5) is 0 Å². The number of hydrogen-bond donors (Lipinski definition) is 1. The minimum Gasteiger partial charge on any atom is -0.469 e. The van der Waals surface area contributed by atoms with Crippen LogP contribution in [0.2, 0.25) is 0 Å². The van der Waals surface area contributed by atoms with E-state index in [0.29, 0.717) is 17.9 Å². The Morgan fingerprint density at radius 3 is 2.64 bits per heavy atom. The number of allylic oxidation sites excluding steroid dienone is 2. The summed E-state index contributed by atoms with van der Waals surface area (Å²) in [4.78, 5) is 40.3. The Labute approximate surface area is 165 Å². The first-order chi connectivity index (χ1) is 13.3. The van der Waals surface area contributed by atoms with Crippen molar-refractivity contribution in [1.82, 2.24) is 4.90 Å². The van der Waals surface area contributed by atoms with Crippen molar-refractivity contribution >= 4 is 17.7 Å². The number of rotatable bonds is 3. The second kappa shape index (κ2) is 6.83. The number of methoxy groups -OCH3 is 1. The predicted octanol–water partition coefficient (Wildman–Crippen LogP) is 2.22. The molecular weight excluding hydrogens is 358 g/mol. The van der Waals surface area contributed by atoms with Crippen LogP contribution in [0, 0.1) is 29.6 Å². The monoisotopic (exact) mass is 387 g/mol. The zero-order valence-electron chi connectivity index (χ0n) is 16.8. The summed E-state index contributed by atoms with van der Waals surface area (Å²) in [5.74, 6) is -1.55. The van der Waals surface area contributed by atoms with Gasteiger partial charge in [0, 0.05) is 12.5 Å². The van der Waals surface area contributed by atoms with Gasteiger partial charge in [0.25, 0.3) is 5.91 Å². The van der Waals surface area contributed by atoms with E-state index in [9.17, 15) is 19.5 Å². The highest BCUT2D eigenvalue weighted by Gasteiger charge is 2.61. The Hall–Kier alpha value is -1.95. The van der Waals surface area contributed by atoms with Crippen molar-refractivity contribution in [1.29, 1.82) is 0 Å². The van der Waals surface area contributed by atoms with E-state index in [0.717, 1.165) is 19.3 Å². The molecule has 2 heterocycles. The number of amides is 1. The smallest absolute Gasteiger partial charge is 0.314 e. The van der Waals surface area contributed by atoms with Crippen LogP contribution in [0.15, 0.2) is 23.3 Å². The van der Waals surface area contributed by atoms with Crippen molar-refractivity contribution in [2.75, 3.05) is 13.7 Å². The molecule has 6 heteroatoms. The van der Waals surface area contributed by atoms with Gasteiger partial charge in [-0.15, -0.1) is 0 Å². The van der Waals surface area contributed by atoms with Crippen molar-refractivity contribution in [3.63, 3.8) is 0 Å². The largest absolute Gasteiger partial charge is 0.469 e. The lowest BCUT2D eigenvalue weighted by molar-refractivity contribution is -0.160. The lowest BCUT2D eigenvalue weighted by atomic mass is 9.63. The summed E-state index contributed by atoms with van der Waals surface area (Å²) < 4.78 is 4.84. The Balaban J connectivity index is 1.72. The summed E-state index contributed by atoms with van der Waals surface area (Å²) in [6, 6.07) is 0. The van der Waals surface area contributed by atoms with Crippen LogP contribution in [0.3, 0.4) is 0 Å². The number of carbonyl (C=O) groups excluding carboxylic acids is 3. The van der Waals surface area contributed by atoms with Gasteiger partial charge >= 0.3 is 5.97 Å². The van der Waals surface area contributed by atoms with E-state index in [1.807, 2.05) is 6.92 Å². The van der Waals surface area contributed by atoms with Crippen LogP contribution in [0.5, 0.6) is 0 Å². The molecule has 1 unspecified atom stereocenters. The highest BCUT2D eigenvalue weighted by molar-refractivity contribution is 6.23. The molecule has 4 aliphatic rings. The highest BCUT2D eigenvalue weighted by Crippen LogP contribution is 2.49. The summed E-state index contributed by atoms with van der Waals surface area (Å²) in [6.45, 7) is 3.90. The van der Waals surface area contributed by atoms with Crippen LogP contribution >= 0.6 is 0 Å². The molecule has 28 heavy (non-hydrogen) atoms. The van der Waals surface area contributed by atoms with Gasteiger partial charge in [-0.3, -0.25) is 14.4 Å². The number of carbonyl (C=O) groups is 3. The number of ketones is 1. The van der Waals surface area contributed by atoms with Crippen molar-refractivity contribution < 1.29 is 24.2 Å². The fraction of sp³-hybridized carbons (Fsp3) is 0.682. The third-order valence-electron chi connectivity index (χ3n) is 7.52. The van der Waals surface area contributed by atoms with Crippen molar-refractivity contribution in [2.45, 2.75) is 51.7 Å². The average molecular weight is 387 g/mol. The summed E-state index contributed by atoms with van der Waals surface area (Å²) in [6.07, 6.45) is 9.06. The van der Waals surface area contributed by atoms with Gasteiger partial charge in [-0.05, 0) is 49.5 Å². The standard InChI is InChI=1S/C22H29NO5/c1-12-8-9-14-6-4-5-7-15(14)17(12)19(24)18-13(2)22(27)16(21(26)28-3)10-11-23(22)20(18)25/h8-9,12,14-17,27H,4-7,10-11H2,1-3H3/t12-,14+,15-,16-,17?,22-/m0/s1. The number of Topliss-reactive ketones (excluding diaryl/α,β-unsaturated/α-hetero) is 1. The molecule has 0 aromatic carbocycles. The molecule has 1 N–H and O–H groups in total. The summed E-state index contributed by atoms with van der Waals surface area (Å²) in [5, 5.41) is 11.3. The molecule has 0 aromatic rings. The molecule has 0 spiro atoms. The Morgan fingerprint density at radius 2 is 1.93 bits per heavy atom. The van der Waals surface area contributed by atoms with Gasteiger partial charge in [-0.1, -0.05) is 31.9 Å². The maximum Gasteiger partial charge on any atom is 0.314 e. The summed E-state index contributed by atoms with van der Waals surface area (Å²) >= 11 is 0. The van der Waals surface area contributed by atoms with Gasteiger partial charge < -0.3 is 14.7 Å². The minimum absolute atomic E-state index is 0.0569. The van der Waals surface area contributed by atoms with Gasteiger partial charge in [-0.2, -0.15) is 0 Å². The molecule has 6 nitrogen and oxygen atoms in total. The molecule has 0 radical (unpaired) electrons. The Morgan fingerprint density at radius 1 is 1.21 bits per heavy atom. The average Bonchev–Trinajstić information content (AvgIpc) is 3.13. The number of ether oxygens (including phenoxy) is 1. The molecule has 2 aliphatic heterocycles. The molecule has 1 saturated carbocycles. The summed E-state index contributed by atoms with van der Waals surface area (Å²) in [5.41, 5.74) is -1.34. The third kappa shape index (κ3) is 2.53. The maximum absolute atomic E-state index is 13.6. The number of aliphatic hydroxyl groups is 1. The minimum atomic E-state index is -1.74. The van der Waals surface area contributed by atoms with Gasteiger partial charge in [0.2, 0.25) is 0 Å². The quantitative estimate of drug-likeness (QED) is 0.456. The second-order valence-corrected chi connectivity index (χ2v) is 8.79. The lowest BCUT2D eigenvalue weighted by Gasteiger charge is -2.40. The molecule has 4 rings (SSSR count). The fourth-order valence-corrected chi connectivity index (χ4v) is 6.03. The second-order valence-electron chi connectivity index (χ2n) is 8.79. The van der Waals surface area contributed by atoms with E-state index in [1.165, 1.54) is 18.4 Å². The maximum atomic E-state index is 13.6. The molecule has 6 atom stereocenters. The fourth-order valence-electron chi connectivity index (χ4n) is 6.03. The van der Waals surface area contributed by atoms with Crippen LogP contribution < -0.4 is 0 Å². The van der Waals surface area contributed by atoms with Crippen molar-refractivity contribution in [3.05, 3.63) is 23.3 Å². The number of esters is 1. The first-order valence-electron chi connectivity index (χ1n) is 10.4. The van der Waals surface area contributed by atoms with Crippen LogP contribution in [0.25, 0.3) is 0 Å².